The van der Waals surface area contributed by atoms with Gasteiger partial charge in [-0.1, -0.05) is 0 Å². The SMILES string of the molecule is CN(C)c1ncc(Br)cc1C(=O)Nc1nc(-c2ccc3c(c2)OCO3)cs1. The number of benzene rings is 1. The van der Waals surface area contributed by atoms with Crippen LogP contribution in [0.5, 0.6) is 11.5 Å². The first-order valence-corrected chi connectivity index (χ1v) is 9.68. The Balaban J connectivity index is 1.56. The molecule has 1 aliphatic rings. The van der Waals surface area contributed by atoms with Gasteiger partial charge in [0.05, 0.1) is 11.3 Å². The highest BCUT2D eigenvalue weighted by Gasteiger charge is 2.18. The Kier molecular flexibility index (Phi) is 4.71. The maximum absolute atomic E-state index is 12.7. The van der Waals surface area contributed by atoms with E-state index in [2.05, 4.69) is 31.2 Å². The van der Waals surface area contributed by atoms with Crippen molar-refractivity contribution in [2.75, 3.05) is 31.1 Å². The van der Waals surface area contributed by atoms with E-state index in [-0.39, 0.29) is 12.7 Å². The molecule has 1 N–H and O–H groups in total. The van der Waals surface area contributed by atoms with Crippen LogP contribution in [0.25, 0.3) is 11.3 Å². The number of nitrogens with one attached hydrogen (secondary N) is 1. The van der Waals surface area contributed by atoms with Gasteiger partial charge in [-0.3, -0.25) is 10.1 Å². The number of ether oxygens (including phenoxy) is 2. The number of carbonyl (C=O) groups is 1. The van der Waals surface area contributed by atoms with E-state index < -0.39 is 0 Å². The summed E-state index contributed by atoms with van der Waals surface area (Å²) in [6, 6.07) is 7.39. The lowest BCUT2D eigenvalue weighted by atomic mass is 10.1. The molecule has 0 bridgehead atoms. The first-order chi connectivity index (χ1) is 13.0. The van der Waals surface area contributed by atoms with E-state index >= 15 is 0 Å². The molecule has 1 aliphatic heterocycles. The summed E-state index contributed by atoms with van der Waals surface area (Å²) in [5.41, 5.74) is 2.12. The smallest absolute Gasteiger partial charge is 0.261 e. The summed E-state index contributed by atoms with van der Waals surface area (Å²) in [4.78, 5) is 23.3. The molecule has 0 saturated heterocycles. The third-order valence-electron chi connectivity index (χ3n) is 3.89. The van der Waals surface area contributed by atoms with E-state index in [4.69, 9.17) is 9.47 Å². The van der Waals surface area contributed by atoms with Crippen molar-refractivity contribution < 1.29 is 14.3 Å². The van der Waals surface area contributed by atoms with E-state index in [9.17, 15) is 4.79 Å². The molecule has 0 aliphatic carbocycles. The van der Waals surface area contributed by atoms with Gasteiger partial charge in [0, 0.05) is 35.7 Å². The molecule has 0 unspecified atom stereocenters. The van der Waals surface area contributed by atoms with Gasteiger partial charge in [0.2, 0.25) is 6.79 Å². The molecule has 3 aromatic rings. The standard InChI is InChI=1S/C18H15BrN4O3S/c1-23(2)16-12(6-11(19)7-20-16)17(24)22-18-21-13(8-27-18)10-3-4-14-15(5-10)26-9-25-14/h3-8H,9H2,1-2H3,(H,21,22,24). The number of amides is 1. The van der Waals surface area contributed by atoms with Gasteiger partial charge in [-0.25, -0.2) is 9.97 Å². The number of thiazole rings is 1. The number of aromatic nitrogens is 2. The van der Waals surface area contributed by atoms with Crippen LogP contribution in [0.3, 0.4) is 0 Å². The fraction of sp³-hybridized carbons (Fsp3) is 0.167. The normalized spacial score (nSPS) is 12.1. The van der Waals surface area contributed by atoms with Crippen LogP contribution in [0.1, 0.15) is 10.4 Å². The van der Waals surface area contributed by atoms with Crippen molar-refractivity contribution in [3.8, 4) is 22.8 Å². The van der Waals surface area contributed by atoms with E-state index in [1.165, 1.54) is 11.3 Å². The Morgan fingerprint density at radius 1 is 1.26 bits per heavy atom. The number of rotatable bonds is 4. The second-order valence-electron chi connectivity index (χ2n) is 5.98. The number of hydrogen-bond acceptors (Lipinski definition) is 7. The van der Waals surface area contributed by atoms with E-state index in [1.54, 1.807) is 17.2 Å². The van der Waals surface area contributed by atoms with Crippen molar-refractivity contribution in [2.24, 2.45) is 0 Å². The Labute approximate surface area is 168 Å². The molecule has 0 saturated carbocycles. The lowest BCUT2D eigenvalue weighted by Crippen LogP contribution is -2.19. The van der Waals surface area contributed by atoms with Gasteiger partial charge in [0.15, 0.2) is 16.6 Å². The third kappa shape index (κ3) is 3.60. The summed E-state index contributed by atoms with van der Waals surface area (Å²) in [5.74, 6) is 1.74. The summed E-state index contributed by atoms with van der Waals surface area (Å²) in [5, 5.41) is 5.25. The number of pyridine rings is 1. The van der Waals surface area contributed by atoms with Crippen LogP contribution in [0.4, 0.5) is 10.9 Å². The lowest BCUT2D eigenvalue weighted by Gasteiger charge is -2.15. The van der Waals surface area contributed by atoms with Crippen molar-refractivity contribution in [3.05, 3.63) is 45.9 Å². The van der Waals surface area contributed by atoms with Crippen molar-refractivity contribution in [2.45, 2.75) is 0 Å². The summed E-state index contributed by atoms with van der Waals surface area (Å²) in [6.45, 7) is 0.228. The van der Waals surface area contributed by atoms with Crippen LogP contribution in [-0.2, 0) is 0 Å². The molecule has 138 valence electrons. The van der Waals surface area contributed by atoms with E-state index in [1.807, 2.05) is 37.7 Å². The second-order valence-corrected chi connectivity index (χ2v) is 7.75. The quantitative estimate of drug-likeness (QED) is 0.652. The maximum atomic E-state index is 12.7. The van der Waals surface area contributed by atoms with Gasteiger partial charge in [-0.2, -0.15) is 0 Å². The molecule has 7 nitrogen and oxygen atoms in total. The molecular weight excluding hydrogens is 432 g/mol. The van der Waals surface area contributed by atoms with Crippen LogP contribution < -0.4 is 19.7 Å². The largest absolute Gasteiger partial charge is 0.454 e. The van der Waals surface area contributed by atoms with Crippen LogP contribution >= 0.6 is 27.3 Å². The van der Waals surface area contributed by atoms with Crippen LogP contribution in [-0.4, -0.2) is 36.8 Å². The molecule has 0 atom stereocenters. The highest BCUT2D eigenvalue weighted by molar-refractivity contribution is 9.10. The summed E-state index contributed by atoms with van der Waals surface area (Å²) < 4.78 is 11.5. The van der Waals surface area contributed by atoms with Gasteiger partial charge in [0.1, 0.15) is 5.82 Å². The molecule has 1 aromatic carbocycles. The number of halogens is 1. The molecule has 0 fully saturated rings. The zero-order valence-corrected chi connectivity index (χ0v) is 16.9. The van der Waals surface area contributed by atoms with Gasteiger partial charge < -0.3 is 14.4 Å². The van der Waals surface area contributed by atoms with Gasteiger partial charge >= 0.3 is 0 Å². The Morgan fingerprint density at radius 2 is 2.07 bits per heavy atom. The first-order valence-electron chi connectivity index (χ1n) is 8.01. The van der Waals surface area contributed by atoms with Gasteiger partial charge in [-0.15, -0.1) is 11.3 Å². The zero-order chi connectivity index (χ0) is 19.0. The number of anilines is 2. The Morgan fingerprint density at radius 3 is 2.89 bits per heavy atom. The lowest BCUT2D eigenvalue weighted by molar-refractivity contribution is 0.102. The van der Waals surface area contributed by atoms with E-state index in [0.29, 0.717) is 22.3 Å². The fourth-order valence-corrected chi connectivity index (χ4v) is 3.69. The molecule has 4 rings (SSSR count). The number of carbonyl (C=O) groups excluding carboxylic acids is 1. The molecule has 3 heterocycles. The summed E-state index contributed by atoms with van der Waals surface area (Å²) in [6.07, 6.45) is 1.66. The number of fused-ring (bicyclic) bond motifs is 1. The highest BCUT2D eigenvalue weighted by Crippen LogP contribution is 2.36. The molecule has 9 heteroatoms. The predicted octanol–water partition coefficient (Wildman–Crippen LogP) is 4.01. The monoisotopic (exact) mass is 446 g/mol. The molecule has 27 heavy (non-hydrogen) atoms. The second kappa shape index (κ2) is 7.16. The number of hydrogen-bond donors (Lipinski definition) is 1. The van der Waals surface area contributed by atoms with Crippen LogP contribution in [0.2, 0.25) is 0 Å². The maximum Gasteiger partial charge on any atom is 0.261 e. The highest BCUT2D eigenvalue weighted by atomic mass is 79.9. The summed E-state index contributed by atoms with van der Waals surface area (Å²) >= 11 is 4.72. The first kappa shape index (κ1) is 17.7. The van der Waals surface area contributed by atoms with Crippen molar-refractivity contribution in [1.29, 1.82) is 0 Å². The van der Waals surface area contributed by atoms with Crippen molar-refractivity contribution >= 4 is 44.1 Å². The molecule has 1 amide bonds. The van der Waals surface area contributed by atoms with Gasteiger partial charge in [-0.05, 0) is 40.2 Å². The average Bonchev–Trinajstić information content (AvgIpc) is 3.29. The third-order valence-corrected chi connectivity index (χ3v) is 5.09. The molecule has 0 spiro atoms. The average molecular weight is 447 g/mol. The number of nitrogens with zero attached hydrogens (tertiary/aromatic N) is 3. The minimum Gasteiger partial charge on any atom is -0.454 e. The van der Waals surface area contributed by atoms with Crippen LogP contribution in [0, 0.1) is 0 Å². The topological polar surface area (TPSA) is 76.6 Å². The minimum atomic E-state index is -0.265. The van der Waals surface area contributed by atoms with Crippen LogP contribution in [0.15, 0.2) is 40.3 Å². The van der Waals surface area contributed by atoms with Gasteiger partial charge in [0.25, 0.3) is 5.91 Å². The summed E-state index contributed by atoms with van der Waals surface area (Å²) in [7, 11) is 3.68. The molecule has 0 radical (unpaired) electrons. The van der Waals surface area contributed by atoms with E-state index in [0.717, 1.165) is 21.5 Å². The van der Waals surface area contributed by atoms with Crippen molar-refractivity contribution in [3.63, 3.8) is 0 Å². The Bertz CT molecular complexity index is 1020. The predicted molar refractivity (Wildman–Crippen MR) is 108 cm³/mol. The fourth-order valence-electron chi connectivity index (χ4n) is 2.64. The molecular formula is C18H15BrN4O3S. The Hall–Kier alpha value is -2.65. The van der Waals surface area contributed by atoms with Crippen molar-refractivity contribution in [1.82, 2.24) is 9.97 Å². The minimum absolute atomic E-state index is 0.228. The molecule has 2 aromatic heterocycles. The zero-order valence-electron chi connectivity index (χ0n) is 14.5.